The topological polar surface area (TPSA) is 76.4 Å². The van der Waals surface area contributed by atoms with Gasteiger partial charge >= 0.3 is 5.97 Å². The van der Waals surface area contributed by atoms with Crippen molar-refractivity contribution >= 4 is 11.8 Å². The Hall–Kier alpha value is -3.13. The van der Waals surface area contributed by atoms with Gasteiger partial charge in [0.25, 0.3) is 0 Å². The summed E-state index contributed by atoms with van der Waals surface area (Å²) >= 11 is 0. The van der Waals surface area contributed by atoms with Crippen molar-refractivity contribution in [2.75, 3.05) is 7.11 Å². The van der Waals surface area contributed by atoms with Crippen LogP contribution in [0.5, 0.6) is 5.75 Å². The molecule has 0 aliphatic rings. The van der Waals surface area contributed by atoms with Crippen molar-refractivity contribution in [3.05, 3.63) is 64.7 Å². The number of methoxy groups -OCH3 is 1. The highest BCUT2D eigenvalue weighted by atomic mass is 16.5. The molecule has 0 N–H and O–H groups in total. The third kappa shape index (κ3) is 3.55. The Balaban J connectivity index is 2.43. The summed E-state index contributed by atoms with van der Waals surface area (Å²) in [6.45, 7) is 1.57. The van der Waals surface area contributed by atoms with Crippen molar-refractivity contribution in [1.82, 2.24) is 0 Å². The molecule has 0 aliphatic heterocycles. The first-order valence-corrected chi connectivity index (χ1v) is 6.91. The molecule has 0 aromatic heterocycles. The predicted molar refractivity (Wildman–Crippen MR) is 83.3 cm³/mol. The third-order valence-corrected chi connectivity index (χ3v) is 3.28. The van der Waals surface area contributed by atoms with Crippen LogP contribution in [0, 0.1) is 11.3 Å². The number of Topliss-reactive ketones (excluding diaryl/α,β-unsaturated/α-hetero) is 1. The van der Waals surface area contributed by atoms with Crippen molar-refractivity contribution < 1.29 is 19.1 Å². The molecular weight excluding hydrogens is 294 g/mol. The van der Waals surface area contributed by atoms with E-state index >= 15 is 0 Å². The lowest BCUT2D eigenvalue weighted by Gasteiger charge is -2.13. The monoisotopic (exact) mass is 309 g/mol. The van der Waals surface area contributed by atoms with E-state index in [1.54, 1.807) is 0 Å². The molecule has 23 heavy (non-hydrogen) atoms. The Morgan fingerprint density at radius 3 is 2.39 bits per heavy atom. The molecule has 0 saturated heterocycles. The average molecular weight is 309 g/mol. The van der Waals surface area contributed by atoms with Gasteiger partial charge in [-0.3, -0.25) is 4.79 Å². The van der Waals surface area contributed by atoms with Crippen molar-refractivity contribution in [2.45, 2.75) is 13.5 Å². The van der Waals surface area contributed by atoms with E-state index in [1.165, 1.54) is 26.2 Å². The minimum atomic E-state index is -0.739. The number of ether oxygens (including phenoxy) is 2. The molecule has 2 rings (SSSR count). The largest absolute Gasteiger partial charge is 0.487 e. The number of hydrogen-bond acceptors (Lipinski definition) is 5. The van der Waals surface area contributed by atoms with Gasteiger partial charge in [-0.15, -0.1) is 0 Å². The van der Waals surface area contributed by atoms with Crippen molar-refractivity contribution in [2.24, 2.45) is 0 Å². The summed E-state index contributed by atoms with van der Waals surface area (Å²) in [6, 6.07) is 14.3. The number of ketones is 1. The number of carbonyl (C=O) groups excluding carboxylic acids is 2. The zero-order valence-corrected chi connectivity index (χ0v) is 12.8. The summed E-state index contributed by atoms with van der Waals surface area (Å²) < 4.78 is 10.3. The van der Waals surface area contributed by atoms with E-state index in [0.29, 0.717) is 0 Å². The number of benzene rings is 2. The van der Waals surface area contributed by atoms with E-state index in [-0.39, 0.29) is 34.8 Å². The molecular formula is C18H15NO4. The molecule has 0 heterocycles. The fourth-order valence-corrected chi connectivity index (χ4v) is 2.16. The van der Waals surface area contributed by atoms with E-state index in [2.05, 4.69) is 4.74 Å². The van der Waals surface area contributed by atoms with Gasteiger partial charge in [0.05, 0.1) is 12.7 Å². The van der Waals surface area contributed by atoms with Crippen molar-refractivity contribution in [1.29, 1.82) is 5.26 Å². The smallest absolute Gasteiger partial charge is 0.340 e. The second kappa shape index (κ2) is 7.23. The van der Waals surface area contributed by atoms with Gasteiger partial charge in [-0.05, 0) is 24.6 Å². The highest BCUT2D eigenvalue weighted by Gasteiger charge is 2.23. The maximum atomic E-state index is 12.0. The summed E-state index contributed by atoms with van der Waals surface area (Å²) in [4.78, 5) is 23.7. The van der Waals surface area contributed by atoms with Gasteiger partial charge in [0, 0.05) is 5.56 Å². The Kier molecular flexibility index (Phi) is 5.11. The van der Waals surface area contributed by atoms with Gasteiger partial charge in [-0.2, -0.15) is 5.26 Å². The number of nitriles is 1. The Morgan fingerprint density at radius 1 is 1.13 bits per heavy atom. The maximum Gasteiger partial charge on any atom is 0.340 e. The predicted octanol–water partition coefficient (Wildman–Crippen LogP) is 3.13. The summed E-state index contributed by atoms with van der Waals surface area (Å²) in [7, 11) is 1.20. The Bertz CT molecular complexity index is 776. The molecule has 0 saturated carbocycles. The zero-order valence-electron chi connectivity index (χ0n) is 12.8. The lowest BCUT2D eigenvalue weighted by atomic mass is 9.98. The highest BCUT2D eigenvalue weighted by Crippen LogP contribution is 2.27. The molecule has 0 atom stereocenters. The van der Waals surface area contributed by atoms with Crippen LogP contribution in [0.15, 0.2) is 42.5 Å². The lowest BCUT2D eigenvalue weighted by Crippen LogP contribution is -2.12. The average Bonchev–Trinajstić information content (AvgIpc) is 2.59. The van der Waals surface area contributed by atoms with E-state index in [1.807, 2.05) is 36.4 Å². The van der Waals surface area contributed by atoms with Gasteiger partial charge < -0.3 is 9.47 Å². The third-order valence-electron chi connectivity index (χ3n) is 3.28. The molecule has 0 unspecified atom stereocenters. The van der Waals surface area contributed by atoms with Crippen LogP contribution in [-0.2, 0) is 11.3 Å². The number of esters is 1. The quantitative estimate of drug-likeness (QED) is 0.626. The van der Waals surface area contributed by atoms with Crippen LogP contribution >= 0.6 is 0 Å². The summed E-state index contributed by atoms with van der Waals surface area (Å²) in [5, 5.41) is 9.40. The SMILES string of the molecule is COC(=O)c1c(C(C)=O)ccc(OCc2ccccc2)c1C#N. The molecule has 2 aromatic rings. The van der Waals surface area contributed by atoms with Crippen molar-refractivity contribution in [3.8, 4) is 11.8 Å². The number of nitrogens with zero attached hydrogens (tertiary/aromatic N) is 1. The van der Waals surface area contributed by atoms with E-state index in [0.717, 1.165) is 5.56 Å². The molecule has 0 amide bonds. The number of rotatable bonds is 5. The molecule has 0 spiro atoms. The molecule has 0 fully saturated rings. The lowest BCUT2D eigenvalue weighted by molar-refractivity contribution is 0.0596. The van der Waals surface area contributed by atoms with E-state index < -0.39 is 5.97 Å². The van der Waals surface area contributed by atoms with Crippen molar-refractivity contribution in [3.63, 3.8) is 0 Å². The van der Waals surface area contributed by atoms with Crippen LogP contribution in [0.2, 0.25) is 0 Å². The number of carbonyl (C=O) groups is 2. The van der Waals surface area contributed by atoms with Crippen LogP contribution in [0.4, 0.5) is 0 Å². The van der Waals surface area contributed by atoms with Gasteiger partial charge in [-0.1, -0.05) is 30.3 Å². The second-order valence-corrected chi connectivity index (χ2v) is 4.80. The molecule has 5 nitrogen and oxygen atoms in total. The molecule has 116 valence electrons. The minimum Gasteiger partial charge on any atom is -0.487 e. The minimum absolute atomic E-state index is 0.000445. The van der Waals surface area contributed by atoms with Gasteiger partial charge in [0.1, 0.15) is 24.0 Å². The zero-order chi connectivity index (χ0) is 16.8. The first-order valence-electron chi connectivity index (χ1n) is 6.91. The molecule has 2 aromatic carbocycles. The van der Waals surface area contributed by atoms with Crippen LogP contribution in [0.25, 0.3) is 0 Å². The number of hydrogen-bond donors (Lipinski definition) is 0. The van der Waals surface area contributed by atoms with Gasteiger partial charge in [0.2, 0.25) is 0 Å². The maximum absolute atomic E-state index is 12.0. The van der Waals surface area contributed by atoms with Crippen LogP contribution in [0.1, 0.15) is 38.8 Å². The molecule has 5 heteroatoms. The summed E-state index contributed by atoms with van der Waals surface area (Å²) in [5.74, 6) is -0.824. The summed E-state index contributed by atoms with van der Waals surface area (Å²) in [6.07, 6.45) is 0. The molecule has 0 aliphatic carbocycles. The molecule has 0 bridgehead atoms. The highest BCUT2D eigenvalue weighted by molar-refractivity contribution is 6.07. The first kappa shape index (κ1) is 16.2. The fraction of sp³-hybridized carbons (Fsp3) is 0.167. The van der Waals surface area contributed by atoms with Crippen LogP contribution in [-0.4, -0.2) is 18.9 Å². The Morgan fingerprint density at radius 2 is 1.83 bits per heavy atom. The normalized spacial score (nSPS) is 9.78. The van der Waals surface area contributed by atoms with Gasteiger partial charge in [0.15, 0.2) is 5.78 Å². The standard InChI is InChI=1S/C18H15NO4/c1-12(20)14-8-9-16(15(10-19)17(14)18(21)22-2)23-11-13-6-4-3-5-7-13/h3-9H,11H2,1-2H3. The van der Waals surface area contributed by atoms with Crippen LogP contribution in [0.3, 0.4) is 0 Å². The van der Waals surface area contributed by atoms with E-state index in [4.69, 9.17) is 4.74 Å². The second-order valence-electron chi connectivity index (χ2n) is 4.80. The van der Waals surface area contributed by atoms with Crippen LogP contribution < -0.4 is 4.74 Å². The van der Waals surface area contributed by atoms with Gasteiger partial charge in [-0.25, -0.2) is 4.79 Å². The summed E-state index contributed by atoms with van der Waals surface area (Å²) in [5.41, 5.74) is 1.00. The fourth-order valence-electron chi connectivity index (χ4n) is 2.16. The Labute approximate surface area is 134 Å². The molecule has 0 radical (unpaired) electrons. The first-order chi connectivity index (χ1) is 11.1. The van der Waals surface area contributed by atoms with E-state index in [9.17, 15) is 14.9 Å².